The topological polar surface area (TPSA) is 86.8 Å². The number of carbonyl (C=O) groups excluding carboxylic acids is 2. The van der Waals surface area contributed by atoms with Crippen molar-refractivity contribution in [2.45, 2.75) is 37.6 Å². The third kappa shape index (κ3) is 4.04. The Balaban J connectivity index is 1.49. The van der Waals surface area contributed by atoms with Gasteiger partial charge in [-0.15, -0.1) is 0 Å². The third-order valence-corrected chi connectivity index (χ3v) is 8.70. The predicted octanol–water partition coefficient (Wildman–Crippen LogP) is 3.03. The van der Waals surface area contributed by atoms with Gasteiger partial charge in [-0.3, -0.25) is 4.79 Å². The molecule has 164 valence electrons. The van der Waals surface area contributed by atoms with Crippen molar-refractivity contribution in [3.8, 4) is 0 Å². The van der Waals surface area contributed by atoms with Crippen LogP contribution in [0.2, 0.25) is 0 Å². The molecular formula is C23H27N3O4S. The molecule has 3 amide bonds. The lowest BCUT2D eigenvalue weighted by Gasteiger charge is -2.43. The van der Waals surface area contributed by atoms with Crippen LogP contribution >= 0.6 is 0 Å². The molecule has 2 aromatic rings. The first-order chi connectivity index (χ1) is 14.8. The van der Waals surface area contributed by atoms with Gasteiger partial charge in [0.1, 0.15) is 10.6 Å². The summed E-state index contributed by atoms with van der Waals surface area (Å²) in [6.07, 6.45) is 1.31. The molecule has 0 saturated carbocycles. The molecule has 2 aliphatic heterocycles. The zero-order valence-electron chi connectivity index (χ0n) is 17.6. The molecule has 2 aromatic carbocycles. The molecule has 2 aliphatic rings. The molecule has 0 atom stereocenters. The summed E-state index contributed by atoms with van der Waals surface area (Å²) in [5.41, 5.74) is 2.74. The minimum atomic E-state index is -3.63. The van der Waals surface area contributed by atoms with Crippen molar-refractivity contribution in [3.05, 3.63) is 65.7 Å². The van der Waals surface area contributed by atoms with Crippen LogP contribution < -0.4 is 5.32 Å². The highest BCUT2D eigenvalue weighted by Crippen LogP contribution is 2.41. The first-order valence-corrected chi connectivity index (χ1v) is 12.2. The van der Waals surface area contributed by atoms with Crippen molar-refractivity contribution in [3.63, 3.8) is 0 Å². The zero-order valence-corrected chi connectivity index (χ0v) is 18.4. The van der Waals surface area contributed by atoms with E-state index in [4.69, 9.17) is 0 Å². The maximum Gasteiger partial charge on any atom is 0.321 e. The number of carbonyl (C=O) groups is 2. The molecule has 1 N–H and O–H groups in total. The van der Waals surface area contributed by atoms with Crippen molar-refractivity contribution in [1.82, 2.24) is 9.80 Å². The fraction of sp³-hybridized carbons (Fsp3) is 0.391. The smallest absolute Gasteiger partial charge is 0.321 e. The van der Waals surface area contributed by atoms with Gasteiger partial charge >= 0.3 is 6.03 Å². The zero-order chi connectivity index (χ0) is 22.1. The number of amides is 3. The summed E-state index contributed by atoms with van der Waals surface area (Å²) in [4.78, 5) is 27.3. The summed E-state index contributed by atoms with van der Waals surface area (Å²) in [6.45, 7) is 2.86. The summed E-state index contributed by atoms with van der Waals surface area (Å²) in [7, 11) is -3.63. The number of sulfone groups is 1. The average Bonchev–Trinajstić information content (AvgIpc) is 2.94. The molecule has 2 saturated heterocycles. The van der Waals surface area contributed by atoms with Gasteiger partial charge in [-0.2, -0.15) is 0 Å². The molecular weight excluding hydrogens is 414 g/mol. The van der Waals surface area contributed by atoms with Crippen molar-refractivity contribution in [2.75, 3.05) is 24.2 Å². The molecule has 0 bridgehead atoms. The number of benzene rings is 2. The van der Waals surface area contributed by atoms with Gasteiger partial charge < -0.3 is 15.1 Å². The summed E-state index contributed by atoms with van der Waals surface area (Å²) < 4.78 is 26.0. The van der Waals surface area contributed by atoms with Crippen LogP contribution in [0.1, 0.15) is 30.9 Å². The van der Waals surface area contributed by atoms with Crippen LogP contribution in [0.3, 0.4) is 0 Å². The van der Waals surface area contributed by atoms with Gasteiger partial charge in [0.05, 0.1) is 0 Å². The molecule has 1 spiro atoms. The van der Waals surface area contributed by atoms with E-state index >= 15 is 0 Å². The van der Waals surface area contributed by atoms with Crippen molar-refractivity contribution in [2.24, 2.45) is 0 Å². The maximum atomic E-state index is 13.0. The molecule has 4 rings (SSSR count). The van der Waals surface area contributed by atoms with Gasteiger partial charge in [-0.1, -0.05) is 49.4 Å². The second-order valence-electron chi connectivity index (χ2n) is 8.14. The van der Waals surface area contributed by atoms with Crippen LogP contribution in [0.25, 0.3) is 0 Å². The standard InChI is InChI=1S/C23H27N3O4S/c1-2-18-9-6-10-20(15-18)24-22(28)25-13-11-23(12-14-25)26(21(27)17-31(23,29)30)16-19-7-4-3-5-8-19/h3-10,15H,2,11-14,16-17H2,1H3,(H,24,28). The lowest BCUT2D eigenvalue weighted by Crippen LogP contribution is -2.57. The van der Waals surface area contributed by atoms with E-state index in [0.29, 0.717) is 0 Å². The minimum Gasteiger partial charge on any atom is -0.324 e. The molecule has 0 aromatic heterocycles. The van der Waals surface area contributed by atoms with Crippen LogP contribution in [0, 0.1) is 0 Å². The third-order valence-electron chi connectivity index (χ3n) is 6.29. The number of nitrogens with zero attached hydrogens (tertiary/aromatic N) is 2. The maximum absolute atomic E-state index is 13.0. The number of hydrogen-bond donors (Lipinski definition) is 1. The fourth-order valence-corrected chi connectivity index (χ4v) is 6.54. The quantitative estimate of drug-likeness (QED) is 0.790. The summed E-state index contributed by atoms with van der Waals surface area (Å²) in [6, 6.07) is 16.8. The largest absolute Gasteiger partial charge is 0.324 e. The van der Waals surface area contributed by atoms with Crippen LogP contribution in [0.4, 0.5) is 10.5 Å². The van der Waals surface area contributed by atoms with Crippen molar-refractivity contribution in [1.29, 1.82) is 0 Å². The molecule has 8 heteroatoms. The van der Waals surface area contributed by atoms with E-state index in [1.807, 2.05) is 54.6 Å². The number of likely N-dealkylation sites (tertiary alicyclic amines) is 1. The summed E-state index contributed by atoms with van der Waals surface area (Å²) in [5, 5.41) is 2.90. The average molecular weight is 442 g/mol. The normalized spacial score (nSPS) is 19.6. The molecule has 31 heavy (non-hydrogen) atoms. The van der Waals surface area contributed by atoms with Gasteiger partial charge in [0.25, 0.3) is 0 Å². The Bertz CT molecular complexity index is 1080. The molecule has 7 nitrogen and oxygen atoms in total. The van der Waals surface area contributed by atoms with Gasteiger partial charge in [0.2, 0.25) is 5.91 Å². The number of urea groups is 1. The highest BCUT2D eigenvalue weighted by molar-refractivity contribution is 7.93. The summed E-state index contributed by atoms with van der Waals surface area (Å²) >= 11 is 0. The highest BCUT2D eigenvalue weighted by Gasteiger charge is 2.58. The highest BCUT2D eigenvalue weighted by atomic mass is 32.2. The summed E-state index contributed by atoms with van der Waals surface area (Å²) in [5.74, 6) is -0.825. The Morgan fingerprint density at radius 1 is 1.03 bits per heavy atom. The number of nitrogens with one attached hydrogen (secondary N) is 1. The van der Waals surface area contributed by atoms with Gasteiger partial charge in [-0.05, 0) is 29.7 Å². The van der Waals surface area contributed by atoms with E-state index in [9.17, 15) is 18.0 Å². The molecule has 2 fully saturated rings. The number of aryl methyl sites for hydroxylation is 1. The van der Waals surface area contributed by atoms with Crippen molar-refractivity contribution < 1.29 is 18.0 Å². The van der Waals surface area contributed by atoms with E-state index in [1.165, 1.54) is 4.90 Å². The molecule has 0 unspecified atom stereocenters. The Hall–Kier alpha value is -2.87. The Labute approximate surface area is 183 Å². The van der Waals surface area contributed by atoms with E-state index < -0.39 is 20.5 Å². The first kappa shape index (κ1) is 21.4. The minimum absolute atomic E-state index is 0.219. The second kappa shape index (κ2) is 8.34. The SMILES string of the molecule is CCc1cccc(NC(=O)N2CCC3(CC2)N(Cc2ccccc2)C(=O)CS3(=O)=O)c1. The molecule has 0 radical (unpaired) electrons. The van der Waals surface area contributed by atoms with Crippen LogP contribution in [0.15, 0.2) is 54.6 Å². The van der Waals surface area contributed by atoms with E-state index in [-0.39, 0.29) is 44.4 Å². The van der Waals surface area contributed by atoms with Crippen molar-refractivity contribution >= 4 is 27.5 Å². The fourth-order valence-electron chi connectivity index (χ4n) is 4.48. The lowest BCUT2D eigenvalue weighted by atomic mass is 10.0. The van der Waals surface area contributed by atoms with Gasteiger partial charge in [0, 0.05) is 38.2 Å². The Morgan fingerprint density at radius 2 is 1.71 bits per heavy atom. The number of piperidine rings is 1. The van der Waals surface area contributed by atoms with E-state index in [2.05, 4.69) is 12.2 Å². The number of hydrogen-bond acceptors (Lipinski definition) is 4. The van der Waals surface area contributed by atoms with E-state index in [0.717, 1.165) is 23.2 Å². The predicted molar refractivity (Wildman–Crippen MR) is 119 cm³/mol. The van der Waals surface area contributed by atoms with E-state index in [1.54, 1.807) is 4.90 Å². The lowest BCUT2D eigenvalue weighted by molar-refractivity contribution is -0.131. The monoisotopic (exact) mass is 441 g/mol. The van der Waals surface area contributed by atoms with Crippen LogP contribution in [0.5, 0.6) is 0 Å². The van der Waals surface area contributed by atoms with Gasteiger partial charge in [-0.25, -0.2) is 13.2 Å². The molecule has 2 heterocycles. The van der Waals surface area contributed by atoms with Crippen LogP contribution in [-0.4, -0.2) is 53.9 Å². The number of rotatable bonds is 4. The second-order valence-corrected chi connectivity index (χ2v) is 10.4. The number of anilines is 1. The Kier molecular flexibility index (Phi) is 5.75. The molecule has 0 aliphatic carbocycles. The van der Waals surface area contributed by atoms with Crippen LogP contribution in [-0.2, 0) is 27.6 Å². The first-order valence-electron chi connectivity index (χ1n) is 10.6. The van der Waals surface area contributed by atoms with Gasteiger partial charge in [0.15, 0.2) is 9.84 Å². The Morgan fingerprint density at radius 3 is 2.39 bits per heavy atom.